The largest absolute Gasteiger partial charge is 0.368 e. The second-order valence-electron chi connectivity index (χ2n) is 3.27. The summed E-state index contributed by atoms with van der Waals surface area (Å²) in [5.74, 6) is -0.454. The van der Waals surface area contributed by atoms with Gasteiger partial charge in [-0.15, -0.1) is 0 Å². The number of benzene rings is 1. The van der Waals surface area contributed by atoms with Crippen LogP contribution in [0.5, 0.6) is 0 Å². The van der Waals surface area contributed by atoms with Gasteiger partial charge < -0.3 is 15.1 Å². The second-order valence-corrected chi connectivity index (χ2v) is 3.27. The van der Waals surface area contributed by atoms with Gasteiger partial charge in [0.2, 0.25) is 0 Å². The molecule has 0 heterocycles. The number of hydroxylamine groups is 1. The zero-order valence-corrected chi connectivity index (χ0v) is 8.80. The highest BCUT2D eigenvalue weighted by atomic mass is 16.7. The van der Waals surface area contributed by atoms with E-state index in [1.54, 1.807) is 24.3 Å². The minimum Gasteiger partial charge on any atom is -0.368 e. The van der Waals surface area contributed by atoms with Crippen LogP contribution < -0.4 is 5.48 Å². The molecule has 0 amide bonds. The maximum absolute atomic E-state index is 11.4. The SMILES string of the molecule is O=C(ONCCCC(O)O)c1ccccc1. The van der Waals surface area contributed by atoms with Crippen LogP contribution in [0.4, 0.5) is 0 Å². The van der Waals surface area contributed by atoms with E-state index in [4.69, 9.17) is 15.1 Å². The van der Waals surface area contributed by atoms with Crippen molar-refractivity contribution >= 4 is 5.97 Å². The minimum atomic E-state index is -1.31. The molecular weight excluding hydrogens is 210 g/mol. The highest BCUT2D eigenvalue weighted by molar-refractivity contribution is 5.89. The van der Waals surface area contributed by atoms with E-state index in [2.05, 4.69) is 5.48 Å². The molecule has 1 aromatic carbocycles. The molecule has 0 aliphatic rings. The Kier molecular flexibility index (Phi) is 5.49. The van der Waals surface area contributed by atoms with Gasteiger partial charge in [0.25, 0.3) is 0 Å². The topological polar surface area (TPSA) is 78.8 Å². The molecular formula is C11H15NO4. The summed E-state index contributed by atoms with van der Waals surface area (Å²) in [7, 11) is 0. The van der Waals surface area contributed by atoms with Crippen LogP contribution in [0.15, 0.2) is 30.3 Å². The number of hydrogen-bond donors (Lipinski definition) is 3. The maximum atomic E-state index is 11.4. The van der Waals surface area contributed by atoms with Crippen LogP contribution >= 0.6 is 0 Å². The van der Waals surface area contributed by atoms with Crippen LogP contribution in [-0.2, 0) is 4.84 Å². The zero-order valence-electron chi connectivity index (χ0n) is 8.80. The van der Waals surface area contributed by atoms with Crippen molar-refractivity contribution in [2.24, 2.45) is 0 Å². The zero-order chi connectivity index (χ0) is 11.8. The van der Waals surface area contributed by atoms with Gasteiger partial charge in [-0.1, -0.05) is 18.2 Å². The lowest BCUT2D eigenvalue weighted by molar-refractivity contribution is -0.0477. The minimum absolute atomic E-state index is 0.246. The fourth-order valence-corrected chi connectivity index (χ4v) is 1.11. The van der Waals surface area contributed by atoms with Gasteiger partial charge in [-0.25, -0.2) is 4.79 Å². The first-order chi connectivity index (χ1) is 7.70. The van der Waals surface area contributed by atoms with Gasteiger partial charge >= 0.3 is 5.97 Å². The van der Waals surface area contributed by atoms with Crippen molar-refractivity contribution in [3.05, 3.63) is 35.9 Å². The monoisotopic (exact) mass is 225 g/mol. The fourth-order valence-electron chi connectivity index (χ4n) is 1.11. The molecule has 0 spiro atoms. The number of carbonyl (C=O) groups is 1. The van der Waals surface area contributed by atoms with E-state index in [9.17, 15) is 4.79 Å². The Morgan fingerprint density at radius 1 is 1.31 bits per heavy atom. The quantitative estimate of drug-likeness (QED) is 0.372. The third-order valence-electron chi connectivity index (χ3n) is 1.92. The van der Waals surface area contributed by atoms with E-state index in [0.29, 0.717) is 18.5 Å². The van der Waals surface area contributed by atoms with Crippen molar-refractivity contribution in [3.8, 4) is 0 Å². The molecule has 1 aromatic rings. The summed E-state index contributed by atoms with van der Waals surface area (Å²) >= 11 is 0. The van der Waals surface area contributed by atoms with Gasteiger partial charge in [0.05, 0.1) is 5.56 Å². The van der Waals surface area contributed by atoms with Crippen molar-refractivity contribution in [3.63, 3.8) is 0 Å². The van der Waals surface area contributed by atoms with Gasteiger partial charge in [0, 0.05) is 6.54 Å². The molecule has 16 heavy (non-hydrogen) atoms. The molecule has 0 radical (unpaired) electrons. The Hall–Kier alpha value is -1.43. The fraction of sp³-hybridized carbons (Fsp3) is 0.364. The first-order valence-corrected chi connectivity index (χ1v) is 5.05. The summed E-state index contributed by atoms with van der Waals surface area (Å²) in [4.78, 5) is 16.1. The predicted molar refractivity (Wildman–Crippen MR) is 57.3 cm³/mol. The van der Waals surface area contributed by atoms with Crippen molar-refractivity contribution in [2.75, 3.05) is 6.54 Å². The molecule has 0 fully saturated rings. The van der Waals surface area contributed by atoms with Gasteiger partial charge in [0.15, 0.2) is 6.29 Å². The molecule has 5 nitrogen and oxygen atoms in total. The van der Waals surface area contributed by atoms with Crippen LogP contribution in [0.3, 0.4) is 0 Å². The number of carbonyl (C=O) groups excluding carboxylic acids is 1. The van der Waals surface area contributed by atoms with Crippen molar-refractivity contribution in [2.45, 2.75) is 19.1 Å². The van der Waals surface area contributed by atoms with E-state index in [0.717, 1.165) is 0 Å². The van der Waals surface area contributed by atoms with Gasteiger partial charge in [0.1, 0.15) is 0 Å². The first-order valence-electron chi connectivity index (χ1n) is 5.05. The Morgan fingerprint density at radius 2 is 2.00 bits per heavy atom. The Balaban J connectivity index is 2.16. The van der Waals surface area contributed by atoms with Gasteiger partial charge in [-0.05, 0) is 25.0 Å². The Morgan fingerprint density at radius 3 is 2.62 bits per heavy atom. The van der Waals surface area contributed by atoms with Crippen LogP contribution in [0, 0.1) is 0 Å². The lowest BCUT2D eigenvalue weighted by atomic mass is 10.2. The third-order valence-corrected chi connectivity index (χ3v) is 1.92. The number of hydrogen-bond acceptors (Lipinski definition) is 5. The van der Waals surface area contributed by atoms with Crippen LogP contribution in [0.2, 0.25) is 0 Å². The van der Waals surface area contributed by atoms with Crippen LogP contribution in [0.25, 0.3) is 0 Å². The highest BCUT2D eigenvalue weighted by Gasteiger charge is 2.05. The maximum Gasteiger partial charge on any atom is 0.356 e. The lowest BCUT2D eigenvalue weighted by Gasteiger charge is -2.06. The molecule has 0 aromatic heterocycles. The van der Waals surface area contributed by atoms with Gasteiger partial charge in [-0.2, -0.15) is 5.48 Å². The molecule has 0 aliphatic heterocycles. The number of aliphatic hydroxyl groups is 2. The normalized spacial score (nSPS) is 10.4. The molecule has 3 N–H and O–H groups in total. The second kappa shape index (κ2) is 6.95. The van der Waals surface area contributed by atoms with E-state index in [1.807, 2.05) is 6.07 Å². The van der Waals surface area contributed by atoms with Gasteiger partial charge in [-0.3, -0.25) is 0 Å². The summed E-state index contributed by atoms with van der Waals surface area (Å²) in [6.45, 7) is 0.385. The summed E-state index contributed by atoms with van der Waals surface area (Å²) in [5.41, 5.74) is 2.94. The average molecular weight is 225 g/mol. The molecule has 0 saturated heterocycles. The number of rotatable bonds is 6. The molecule has 88 valence electrons. The lowest BCUT2D eigenvalue weighted by Crippen LogP contribution is -2.22. The molecule has 0 saturated carbocycles. The number of aliphatic hydroxyl groups excluding tert-OH is 1. The van der Waals surface area contributed by atoms with Crippen molar-refractivity contribution < 1.29 is 19.8 Å². The molecule has 1 rings (SSSR count). The van der Waals surface area contributed by atoms with Crippen LogP contribution in [-0.4, -0.2) is 29.0 Å². The smallest absolute Gasteiger partial charge is 0.356 e. The van der Waals surface area contributed by atoms with E-state index >= 15 is 0 Å². The molecule has 5 heteroatoms. The molecule has 0 aliphatic carbocycles. The first kappa shape index (κ1) is 12.6. The Labute approximate surface area is 93.6 Å². The van der Waals surface area contributed by atoms with Crippen LogP contribution in [0.1, 0.15) is 23.2 Å². The number of nitrogens with one attached hydrogen (secondary N) is 1. The highest BCUT2D eigenvalue weighted by Crippen LogP contribution is 1.99. The van der Waals surface area contributed by atoms with Crippen molar-refractivity contribution in [1.29, 1.82) is 0 Å². The summed E-state index contributed by atoms with van der Waals surface area (Å²) in [5, 5.41) is 17.1. The summed E-state index contributed by atoms with van der Waals surface area (Å²) < 4.78 is 0. The van der Waals surface area contributed by atoms with E-state index in [1.165, 1.54) is 0 Å². The average Bonchev–Trinajstić information content (AvgIpc) is 2.29. The molecule has 0 unspecified atom stereocenters. The predicted octanol–water partition coefficient (Wildman–Crippen LogP) is 0.439. The molecule has 0 bridgehead atoms. The van der Waals surface area contributed by atoms with Crippen molar-refractivity contribution in [1.82, 2.24) is 5.48 Å². The molecule has 0 atom stereocenters. The van der Waals surface area contributed by atoms with E-state index < -0.39 is 12.3 Å². The summed E-state index contributed by atoms with van der Waals surface area (Å²) in [6, 6.07) is 8.62. The Bertz CT molecular complexity index is 313. The third kappa shape index (κ3) is 4.88. The summed E-state index contributed by atoms with van der Waals surface area (Å²) in [6.07, 6.45) is -0.554. The van der Waals surface area contributed by atoms with E-state index in [-0.39, 0.29) is 6.42 Å². The standard InChI is InChI=1S/C11H15NO4/c13-10(14)7-4-8-12-16-11(15)9-5-2-1-3-6-9/h1-3,5-6,10,12-14H,4,7-8H2.